The molecule has 0 aliphatic carbocycles. The van der Waals surface area contributed by atoms with E-state index in [0.717, 1.165) is 5.56 Å². The molecule has 0 radical (unpaired) electrons. The van der Waals surface area contributed by atoms with Crippen LogP contribution in [0.2, 0.25) is 0 Å². The third-order valence-corrected chi connectivity index (χ3v) is 7.30. The van der Waals surface area contributed by atoms with Crippen molar-refractivity contribution in [3.8, 4) is 17.1 Å². The highest BCUT2D eigenvalue weighted by molar-refractivity contribution is 7.89. The van der Waals surface area contributed by atoms with Gasteiger partial charge in [-0.2, -0.15) is 9.29 Å². The van der Waals surface area contributed by atoms with E-state index in [1.54, 1.807) is 49.9 Å². The number of rotatable bonds is 6. The van der Waals surface area contributed by atoms with Crippen LogP contribution >= 0.6 is 0 Å². The van der Waals surface area contributed by atoms with Gasteiger partial charge in [-0.3, -0.25) is 4.79 Å². The average molecular weight is 462 g/mol. The van der Waals surface area contributed by atoms with Gasteiger partial charge in [-0.05, 0) is 38.1 Å². The van der Waals surface area contributed by atoms with Gasteiger partial charge in [-0.1, -0.05) is 10.3 Å². The maximum absolute atomic E-state index is 12.9. The van der Waals surface area contributed by atoms with E-state index in [4.69, 9.17) is 13.8 Å². The largest absolute Gasteiger partial charge is 0.484 e. The van der Waals surface area contributed by atoms with Crippen molar-refractivity contribution in [1.82, 2.24) is 24.5 Å². The smallest absolute Gasteiger partial charge is 0.260 e. The minimum atomic E-state index is -3.72. The van der Waals surface area contributed by atoms with Gasteiger partial charge >= 0.3 is 0 Å². The van der Waals surface area contributed by atoms with Crippen molar-refractivity contribution < 1.29 is 27.0 Å². The second-order valence-electron chi connectivity index (χ2n) is 7.39. The molecular weight excluding hydrogens is 438 g/mol. The highest BCUT2D eigenvalue weighted by Crippen LogP contribution is 2.24. The van der Waals surface area contributed by atoms with Crippen molar-refractivity contribution in [2.24, 2.45) is 0 Å². The molecule has 0 atom stereocenters. The molecule has 0 spiro atoms. The number of nitrogens with zero attached hydrogens (tertiary/aromatic N) is 5. The summed E-state index contributed by atoms with van der Waals surface area (Å²) in [7, 11) is -3.72. The Kier molecular flexibility index (Phi) is 5.98. The molecule has 170 valence electrons. The molecule has 0 N–H and O–H groups in total. The number of aryl methyl sites for hydroxylation is 3. The SMILES string of the molecule is Cc1nc(-c2ccc(OCC(=O)N3CCN(S(=O)(=O)c4c(C)noc4C)CC3)cc2)no1. The Morgan fingerprint density at radius 2 is 1.72 bits per heavy atom. The quantitative estimate of drug-likeness (QED) is 0.536. The molecule has 1 saturated heterocycles. The molecule has 0 bridgehead atoms. The lowest BCUT2D eigenvalue weighted by molar-refractivity contribution is -0.134. The van der Waals surface area contributed by atoms with Gasteiger partial charge in [0.15, 0.2) is 12.4 Å². The fourth-order valence-corrected chi connectivity index (χ4v) is 5.22. The van der Waals surface area contributed by atoms with Crippen molar-refractivity contribution in [3.63, 3.8) is 0 Å². The van der Waals surface area contributed by atoms with E-state index in [0.29, 0.717) is 23.2 Å². The number of amides is 1. The molecule has 1 aromatic carbocycles. The summed E-state index contributed by atoms with van der Waals surface area (Å²) >= 11 is 0. The van der Waals surface area contributed by atoms with E-state index < -0.39 is 10.0 Å². The Labute approximate surface area is 185 Å². The van der Waals surface area contributed by atoms with Gasteiger partial charge in [0.1, 0.15) is 16.3 Å². The van der Waals surface area contributed by atoms with Crippen LogP contribution in [0.3, 0.4) is 0 Å². The van der Waals surface area contributed by atoms with E-state index in [-0.39, 0.29) is 49.3 Å². The zero-order valence-electron chi connectivity index (χ0n) is 17.9. The summed E-state index contributed by atoms with van der Waals surface area (Å²) < 4.78 is 42.7. The standard InChI is InChI=1S/C20H23N5O6S/c1-13-19(14(2)30-22-13)32(27,28)25-10-8-24(9-11-25)18(26)12-29-17-6-4-16(5-7-17)20-21-15(3)31-23-20/h4-7H,8-12H2,1-3H3. The fraction of sp³-hybridized carbons (Fsp3) is 0.400. The monoisotopic (exact) mass is 461 g/mol. The number of carbonyl (C=O) groups excluding carboxylic acids is 1. The number of benzene rings is 1. The maximum Gasteiger partial charge on any atom is 0.260 e. The average Bonchev–Trinajstić information content (AvgIpc) is 3.37. The summed E-state index contributed by atoms with van der Waals surface area (Å²) in [6.45, 7) is 5.68. The Morgan fingerprint density at radius 3 is 2.28 bits per heavy atom. The first-order valence-electron chi connectivity index (χ1n) is 10.00. The summed E-state index contributed by atoms with van der Waals surface area (Å²) in [5.41, 5.74) is 1.10. The third kappa shape index (κ3) is 4.36. The van der Waals surface area contributed by atoms with Gasteiger partial charge in [0, 0.05) is 38.7 Å². The molecule has 3 heterocycles. The fourth-order valence-electron chi connectivity index (χ4n) is 3.50. The lowest BCUT2D eigenvalue weighted by atomic mass is 10.2. The molecule has 0 unspecified atom stereocenters. The Balaban J connectivity index is 1.30. The minimum Gasteiger partial charge on any atom is -0.484 e. The summed E-state index contributed by atoms with van der Waals surface area (Å²) in [4.78, 5) is 18.4. The van der Waals surface area contributed by atoms with E-state index in [1.165, 1.54) is 4.31 Å². The van der Waals surface area contributed by atoms with E-state index in [9.17, 15) is 13.2 Å². The van der Waals surface area contributed by atoms with Crippen molar-refractivity contribution in [2.45, 2.75) is 25.7 Å². The molecule has 1 aliphatic heterocycles. The van der Waals surface area contributed by atoms with Crippen LogP contribution in [-0.2, 0) is 14.8 Å². The molecule has 2 aromatic heterocycles. The predicted octanol–water partition coefficient (Wildman–Crippen LogP) is 1.56. The lowest BCUT2D eigenvalue weighted by Crippen LogP contribution is -2.51. The second kappa shape index (κ2) is 8.71. The Bertz CT molecular complexity index is 1190. The van der Waals surface area contributed by atoms with E-state index in [1.807, 2.05) is 0 Å². The Morgan fingerprint density at radius 1 is 1.03 bits per heavy atom. The molecule has 1 fully saturated rings. The molecule has 1 aliphatic rings. The zero-order chi connectivity index (χ0) is 22.9. The molecule has 4 rings (SSSR count). The molecule has 3 aromatic rings. The summed E-state index contributed by atoms with van der Waals surface area (Å²) in [5.74, 6) is 1.54. The molecule has 0 saturated carbocycles. The molecule has 11 nitrogen and oxygen atoms in total. The number of hydrogen-bond donors (Lipinski definition) is 0. The Hall–Kier alpha value is -3.25. The van der Waals surface area contributed by atoms with Crippen LogP contribution < -0.4 is 4.74 Å². The van der Waals surface area contributed by atoms with Crippen LogP contribution in [0.1, 0.15) is 17.3 Å². The van der Waals surface area contributed by atoms with Gasteiger partial charge < -0.3 is 18.7 Å². The number of piperazine rings is 1. The van der Waals surface area contributed by atoms with E-state index >= 15 is 0 Å². The number of hydrogen-bond acceptors (Lipinski definition) is 9. The van der Waals surface area contributed by atoms with Crippen molar-refractivity contribution >= 4 is 15.9 Å². The van der Waals surface area contributed by atoms with Crippen molar-refractivity contribution in [1.29, 1.82) is 0 Å². The minimum absolute atomic E-state index is 0.0973. The predicted molar refractivity (Wildman–Crippen MR) is 111 cm³/mol. The first-order valence-corrected chi connectivity index (χ1v) is 11.4. The van der Waals surface area contributed by atoms with Crippen LogP contribution in [0.4, 0.5) is 0 Å². The van der Waals surface area contributed by atoms with E-state index in [2.05, 4.69) is 15.3 Å². The maximum atomic E-state index is 12.9. The van der Waals surface area contributed by atoms with Crippen LogP contribution in [0.15, 0.2) is 38.2 Å². The summed E-state index contributed by atoms with van der Waals surface area (Å²) in [6, 6.07) is 7.01. The highest BCUT2D eigenvalue weighted by atomic mass is 32.2. The molecular formula is C20H23N5O6S. The summed E-state index contributed by atoms with van der Waals surface area (Å²) in [6.07, 6.45) is 0. The number of carbonyl (C=O) groups is 1. The van der Waals surface area contributed by atoms with Gasteiger partial charge in [-0.25, -0.2) is 8.42 Å². The van der Waals surface area contributed by atoms with Crippen LogP contribution in [0.5, 0.6) is 5.75 Å². The lowest BCUT2D eigenvalue weighted by Gasteiger charge is -2.33. The third-order valence-electron chi connectivity index (χ3n) is 5.16. The second-order valence-corrected chi connectivity index (χ2v) is 9.26. The topological polar surface area (TPSA) is 132 Å². The van der Waals surface area contributed by atoms with Gasteiger partial charge in [-0.15, -0.1) is 0 Å². The number of aromatic nitrogens is 3. The number of sulfonamides is 1. The van der Waals surface area contributed by atoms with Crippen molar-refractivity contribution in [3.05, 3.63) is 41.6 Å². The first-order chi connectivity index (χ1) is 15.3. The number of ether oxygens (including phenoxy) is 1. The molecule has 12 heteroatoms. The van der Waals surface area contributed by atoms with Crippen molar-refractivity contribution in [2.75, 3.05) is 32.8 Å². The molecule has 1 amide bonds. The molecule has 32 heavy (non-hydrogen) atoms. The van der Waals surface area contributed by atoms with Crippen LogP contribution in [0.25, 0.3) is 11.4 Å². The highest BCUT2D eigenvalue weighted by Gasteiger charge is 2.34. The zero-order valence-corrected chi connectivity index (χ0v) is 18.8. The van der Waals surface area contributed by atoms with Crippen LogP contribution in [-0.4, -0.2) is 71.6 Å². The van der Waals surface area contributed by atoms with Gasteiger partial charge in [0.25, 0.3) is 5.91 Å². The summed E-state index contributed by atoms with van der Waals surface area (Å²) in [5, 5.41) is 7.58. The van der Waals surface area contributed by atoms with Gasteiger partial charge in [0.2, 0.25) is 21.7 Å². The normalized spacial score (nSPS) is 15.2. The first kappa shape index (κ1) is 22.0. The van der Waals surface area contributed by atoms with Gasteiger partial charge in [0.05, 0.1) is 0 Å². The van der Waals surface area contributed by atoms with Crippen LogP contribution in [0, 0.1) is 20.8 Å².